The largest absolute Gasteiger partial charge is 0.347 e. The first-order valence-corrected chi connectivity index (χ1v) is 10.4. The summed E-state index contributed by atoms with van der Waals surface area (Å²) in [6.45, 7) is 4.26. The van der Waals surface area contributed by atoms with Crippen molar-refractivity contribution in [2.45, 2.75) is 31.8 Å². The summed E-state index contributed by atoms with van der Waals surface area (Å²) in [5.41, 5.74) is 8.83. The van der Waals surface area contributed by atoms with E-state index in [0.29, 0.717) is 18.4 Å². The zero-order valence-electron chi connectivity index (χ0n) is 16.1. The molecule has 3 aromatic heterocycles. The Morgan fingerprint density at radius 2 is 2.00 bits per heavy atom. The second kappa shape index (κ2) is 6.96. The number of H-pyrrole nitrogens is 1. The van der Waals surface area contributed by atoms with Gasteiger partial charge in [0.2, 0.25) is 11.9 Å². The first-order chi connectivity index (χ1) is 14.0. The van der Waals surface area contributed by atoms with E-state index in [0.717, 1.165) is 52.9 Å². The van der Waals surface area contributed by atoms with Gasteiger partial charge in [-0.05, 0) is 47.8 Å². The van der Waals surface area contributed by atoms with Gasteiger partial charge in [0, 0.05) is 18.6 Å². The molecule has 0 amide bonds. The summed E-state index contributed by atoms with van der Waals surface area (Å²) < 4.78 is 2.53. The van der Waals surface area contributed by atoms with Crippen LogP contribution in [0.4, 0.5) is 11.9 Å². The molecule has 1 aliphatic rings. The molecule has 0 aliphatic carbocycles. The lowest BCUT2D eigenvalue weighted by Gasteiger charge is -2.36. The number of hydrogen-bond donors (Lipinski definition) is 3. The minimum absolute atomic E-state index is 0.125. The van der Waals surface area contributed by atoms with Crippen LogP contribution in [-0.4, -0.2) is 48.2 Å². The lowest BCUT2D eigenvalue weighted by molar-refractivity contribution is 0.362. The fourth-order valence-corrected chi connectivity index (χ4v) is 3.91. The zero-order chi connectivity index (χ0) is 20.0. The number of imidazole rings is 1. The maximum Gasteiger partial charge on any atom is 0.230 e. The van der Waals surface area contributed by atoms with Crippen LogP contribution in [0.5, 0.6) is 0 Å². The first kappa shape index (κ1) is 18.3. The molecule has 29 heavy (non-hydrogen) atoms. The minimum atomic E-state index is -0.125. The molecule has 0 unspecified atom stereocenters. The van der Waals surface area contributed by atoms with Crippen LogP contribution in [0.15, 0.2) is 34.9 Å². The highest BCUT2D eigenvalue weighted by Gasteiger charge is 2.28. The van der Waals surface area contributed by atoms with Crippen molar-refractivity contribution in [2.24, 2.45) is 5.73 Å². The first-order valence-electron chi connectivity index (χ1n) is 9.61. The normalized spacial score (nSPS) is 16.6. The van der Waals surface area contributed by atoms with Crippen LogP contribution in [0.1, 0.15) is 25.6 Å². The Balaban J connectivity index is 1.44. The number of nitrogens with one attached hydrogen (secondary N) is 2. The third-order valence-corrected chi connectivity index (χ3v) is 5.91. The van der Waals surface area contributed by atoms with Gasteiger partial charge in [-0.3, -0.25) is 0 Å². The Morgan fingerprint density at radius 3 is 2.79 bits per heavy atom. The van der Waals surface area contributed by atoms with Gasteiger partial charge in [0.25, 0.3) is 0 Å². The highest BCUT2D eigenvalue weighted by atomic mass is 79.9. The van der Waals surface area contributed by atoms with Crippen molar-refractivity contribution >= 4 is 44.5 Å². The Morgan fingerprint density at radius 1 is 1.21 bits per heavy atom. The number of nitrogens with zero attached hydrogens (tertiary/aromatic N) is 6. The van der Waals surface area contributed by atoms with Gasteiger partial charge in [0.15, 0.2) is 5.65 Å². The standard InChI is InChI=1S/C19H22BrN9/c1-19(21)6-8-28(9-7-19)18-26-16-12(20)10-23-29(16)17(27-18)22-11-15-24-13-4-2-3-5-14(13)25-15/h2-5,10H,6-9,11,21H2,1H3,(H,24,25)(H,22,26,27). The summed E-state index contributed by atoms with van der Waals surface area (Å²) in [5, 5.41) is 7.75. The fourth-order valence-electron chi connectivity index (χ4n) is 3.57. The predicted molar refractivity (Wildman–Crippen MR) is 116 cm³/mol. The van der Waals surface area contributed by atoms with E-state index in [-0.39, 0.29) is 5.54 Å². The number of para-hydroxylation sites is 2. The summed E-state index contributed by atoms with van der Waals surface area (Å²) in [6.07, 6.45) is 3.54. The van der Waals surface area contributed by atoms with Gasteiger partial charge >= 0.3 is 0 Å². The van der Waals surface area contributed by atoms with Crippen molar-refractivity contribution in [1.82, 2.24) is 29.5 Å². The number of benzene rings is 1. The van der Waals surface area contributed by atoms with Crippen molar-refractivity contribution in [3.05, 3.63) is 40.8 Å². The van der Waals surface area contributed by atoms with E-state index >= 15 is 0 Å². The molecule has 4 N–H and O–H groups in total. The number of aromatic amines is 1. The maximum absolute atomic E-state index is 6.28. The van der Waals surface area contributed by atoms with E-state index in [4.69, 9.17) is 15.7 Å². The molecule has 1 aliphatic heterocycles. The van der Waals surface area contributed by atoms with Gasteiger partial charge in [0.1, 0.15) is 5.82 Å². The van der Waals surface area contributed by atoms with Gasteiger partial charge < -0.3 is 20.9 Å². The molecule has 0 saturated carbocycles. The maximum atomic E-state index is 6.28. The van der Waals surface area contributed by atoms with E-state index in [1.807, 2.05) is 24.3 Å². The average Bonchev–Trinajstić information content (AvgIpc) is 3.29. The van der Waals surface area contributed by atoms with Crippen LogP contribution in [0.3, 0.4) is 0 Å². The van der Waals surface area contributed by atoms with Crippen LogP contribution in [0.2, 0.25) is 0 Å². The molecule has 1 aromatic carbocycles. The Labute approximate surface area is 175 Å². The predicted octanol–water partition coefficient (Wildman–Crippen LogP) is 2.69. The van der Waals surface area contributed by atoms with Gasteiger partial charge in [-0.15, -0.1) is 0 Å². The molecular formula is C19H22BrN9. The molecular weight excluding hydrogens is 434 g/mol. The number of aromatic nitrogens is 6. The number of fused-ring (bicyclic) bond motifs is 2. The van der Waals surface area contributed by atoms with Crippen LogP contribution < -0.4 is 16.0 Å². The number of piperidine rings is 1. The molecule has 0 radical (unpaired) electrons. The van der Waals surface area contributed by atoms with Gasteiger partial charge in [-0.2, -0.15) is 19.6 Å². The van der Waals surface area contributed by atoms with Crippen molar-refractivity contribution in [2.75, 3.05) is 23.3 Å². The third-order valence-electron chi connectivity index (χ3n) is 5.35. The SMILES string of the molecule is CC1(N)CCN(c2nc(NCc3nc4ccccc4[nH]3)n3ncc(Br)c3n2)CC1. The molecule has 1 fully saturated rings. The van der Waals surface area contributed by atoms with Gasteiger partial charge in [-0.25, -0.2) is 4.98 Å². The Bertz CT molecular complexity index is 1140. The molecule has 9 nitrogen and oxygen atoms in total. The molecule has 5 rings (SSSR count). The average molecular weight is 456 g/mol. The topological polar surface area (TPSA) is 113 Å². The lowest BCUT2D eigenvalue weighted by Crippen LogP contribution is -2.48. The van der Waals surface area contributed by atoms with E-state index < -0.39 is 0 Å². The summed E-state index contributed by atoms with van der Waals surface area (Å²) in [5.74, 6) is 2.14. The van der Waals surface area contributed by atoms with E-state index in [9.17, 15) is 0 Å². The van der Waals surface area contributed by atoms with Crippen LogP contribution >= 0.6 is 15.9 Å². The Hall–Kier alpha value is -2.72. The quantitative estimate of drug-likeness (QED) is 0.433. The lowest BCUT2D eigenvalue weighted by atomic mass is 9.91. The molecule has 10 heteroatoms. The highest BCUT2D eigenvalue weighted by Crippen LogP contribution is 2.26. The number of nitrogens with two attached hydrogens (primary N) is 1. The summed E-state index contributed by atoms with van der Waals surface area (Å²) >= 11 is 3.54. The molecule has 0 spiro atoms. The number of halogens is 1. The van der Waals surface area contributed by atoms with E-state index in [1.54, 1.807) is 10.7 Å². The fraction of sp³-hybridized carbons (Fsp3) is 0.368. The van der Waals surface area contributed by atoms with Crippen molar-refractivity contribution in [3.8, 4) is 0 Å². The minimum Gasteiger partial charge on any atom is -0.347 e. The van der Waals surface area contributed by atoms with Gasteiger partial charge in [-0.1, -0.05) is 12.1 Å². The van der Waals surface area contributed by atoms with Crippen molar-refractivity contribution in [1.29, 1.82) is 0 Å². The number of hydrogen-bond acceptors (Lipinski definition) is 7. The third kappa shape index (κ3) is 3.53. The smallest absolute Gasteiger partial charge is 0.230 e. The molecule has 150 valence electrons. The number of anilines is 2. The molecule has 0 bridgehead atoms. The van der Waals surface area contributed by atoms with Crippen molar-refractivity contribution in [3.63, 3.8) is 0 Å². The summed E-state index contributed by atoms with van der Waals surface area (Å²) in [6, 6.07) is 7.97. The van der Waals surface area contributed by atoms with Crippen LogP contribution in [0.25, 0.3) is 16.7 Å². The Kier molecular flexibility index (Phi) is 4.39. The summed E-state index contributed by atoms with van der Waals surface area (Å²) in [7, 11) is 0. The van der Waals surface area contributed by atoms with Crippen molar-refractivity contribution < 1.29 is 0 Å². The van der Waals surface area contributed by atoms with Crippen LogP contribution in [-0.2, 0) is 6.54 Å². The second-order valence-electron chi connectivity index (χ2n) is 7.77. The van der Waals surface area contributed by atoms with E-state index in [1.165, 1.54) is 0 Å². The zero-order valence-corrected chi connectivity index (χ0v) is 17.6. The summed E-state index contributed by atoms with van der Waals surface area (Å²) in [4.78, 5) is 19.6. The van der Waals surface area contributed by atoms with Gasteiger partial charge in [0.05, 0.1) is 28.2 Å². The molecule has 4 aromatic rings. The highest BCUT2D eigenvalue weighted by molar-refractivity contribution is 9.10. The number of rotatable bonds is 4. The molecule has 4 heterocycles. The van der Waals surface area contributed by atoms with E-state index in [2.05, 4.69) is 48.1 Å². The molecule has 0 atom stereocenters. The molecule has 1 saturated heterocycles. The van der Waals surface area contributed by atoms with Crippen LogP contribution in [0, 0.1) is 0 Å². The second-order valence-corrected chi connectivity index (χ2v) is 8.62. The monoisotopic (exact) mass is 455 g/mol.